The Hall–Kier alpha value is -3.81. The minimum Gasteiger partial charge on any atom is -0.489 e. The van der Waals surface area contributed by atoms with Crippen molar-refractivity contribution >= 4 is 16.9 Å². The molecule has 0 fully saturated rings. The van der Waals surface area contributed by atoms with Crippen LogP contribution >= 0.6 is 11.8 Å². The average molecular weight is 446 g/mol. The molecule has 1 spiro atoms. The quantitative estimate of drug-likeness (QED) is 0.376. The molecule has 2 aliphatic rings. The molecule has 1 unspecified atom stereocenters. The van der Waals surface area contributed by atoms with Crippen molar-refractivity contribution in [3.05, 3.63) is 136 Å². The monoisotopic (exact) mass is 445 g/mol. The molecule has 1 heterocycles. The van der Waals surface area contributed by atoms with Crippen LogP contribution in [0.2, 0.25) is 0 Å². The fourth-order valence-electron chi connectivity index (χ4n) is 5.01. The van der Waals surface area contributed by atoms with Crippen molar-refractivity contribution in [3.63, 3.8) is 0 Å². The Morgan fingerprint density at radius 2 is 1.58 bits per heavy atom. The number of ether oxygens (including phenoxy) is 1. The number of hydrogen-bond acceptors (Lipinski definition) is 4. The van der Waals surface area contributed by atoms with E-state index in [0.717, 1.165) is 44.7 Å². The normalized spacial score (nSPS) is 17.7. The summed E-state index contributed by atoms with van der Waals surface area (Å²) in [6, 6.07) is 32.3. The predicted octanol–water partition coefficient (Wildman–Crippen LogP) is 6.22. The molecule has 4 heteroatoms. The van der Waals surface area contributed by atoms with Crippen LogP contribution in [0.5, 0.6) is 5.75 Å². The third-order valence-electron chi connectivity index (χ3n) is 6.47. The number of carbonyl (C=O) groups excluding carboxylic acids is 1. The van der Waals surface area contributed by atoms with Gasteiger partial charge in [0.05, 0.1) is 16.4 Å². The van der Waals surface area contributed by atoms with Gasteiger partial charge in [0.1, 0.15) is 12.4 Å². The van der Waals surface area contributed by atoms with Crippen LogP contribution in [0.3, 0.4) is 0 Å². The summed E-state index contributed by atoms with van der Waals surface area (Å²) in [6.45, 7) is 0.496. The summed E-state index contributed by atoms with van der Waals surface area (Å²) in [5.41, 5.74) is 7.94. The molecule has 158 valence electrons. The lowest BCUT2D eigenvalue weighted by Crippen LogP contribution is -2.30. The van der Waals surface area contributed by atoms with E-state index in [1.807, 2.05) is 72.8 Å². The molecule has 0 saturated carbocycles. The summed E-state index contributed by atoms with van der Waals surface area (Å²) in [7, 11) is 0. The van der Waals surface area contributed by atoms with E-state index < -0.39 is 4.75 Å². The van der Waals surface area contributed by atoms with E-state index in [-0.39, 0.29) is 5.12 Å². The van der Waals surface area contributed by atoms with Crippen LogP contribution in [0.4, 0.5) is 0 Å². The molecule has 1 atom stereocenters. The van der Waals surface area contributed by atoms with Gasteiger partial charge in [0, 0.05) is 5.56 Å². The van der Waals surface area contributed by atoms with Gasteiger partial charge in [0.2, 0.25) is 5.12 Å². The van der Waals surface area contributed by atoms with E-state index >= 15 is 0 Å². The lowest BCUT2D eigenvalue weighted by atomic mass is 9.73. The van der Waals surface area contributed by atoms with Gasteiger partial charge in [-0.05, 0) is 64.1 Å². The fraction of sp³-hybridized carbons (Fsp3) is 0.103. The van der Waals surface area contributed by atoms with Gasteiger partial charge in [-0.2, -0.15) is 5.26 Å². The van der Waals surface area contributed by atoms with Gasteiger partial charge in [-0.25, -0.2) is 0 Å². The van der Waals surface area contributed by atoms with Crippen molar-refractivity contribution in [1.29, 1.82) is 5.26 Å². The summed E-state index contributed by atoms with van der Waals surface area (Å²) in [4.78, 5) is 13.1. The highest BCUT2D eigenvalue weighted by atomic mass is 32.2. The molecule has 0 amide bonds. The minimum absolute atomic E-state index is 0.0816. The first-order chi connectivity index (χ1) is 16.2. The lowest BCUT2D eigenvalue weighted by molar-refractivity contribution is 0.109. The van der Waals surface area contributed by atoms with E-state index in [9.17, 15) is 10.1 Å². The Morgan fingerprint density at radius 3 is 2.39 bits per heavy atom. The maximum absolute atomic E-state index is 13.1. The predicted molar refractivity (Wildman–Crippen MR) is 129 cm³/mol. The van der Waals surface area contributed by atoms with E-state index in [4.69, 9.17) is 4.74 Å². The van der Waals surface area contributed by atoms with Gasteiger partial charge in [0.25, 0.3) is 0 Å². The van der Waals surface area contributed by atoms with Crippen LogP contribution in [-0.4, -0.2) is 5.12 Å². The zero-order chi connectivity index (χ0) is 22.4. The first-order valence-corrected chi connectivity index (χ1v) is 11.7. The molecule has 0 saturated heterocycles. The Labute approximate surface area is 196 Å². The Morgan fingerprint density at radius 1 is 0.848 bits per heavy atom. The van der Waals surface area contributed by atoms with Crippen LogP contribution in [0.15, 0.2) is 91.0 Å². The molecular formula is C29H19NO2S. The largest absolute Gasteiger partial charge is 0.489 e. The second-order valence-corrected chi connectivity index (χ2v) is 9.56. The number of thioether (sulfide) groups is 1. The van der Waals surface area contributed by atoms with Crippen LogP contribution in [0, 0.1) is 11.3 Å². The number of benzene rings is 4. The van der Waals surface area contributed by atoms with Crippen molar-refractivity contribution in [2.75, 3.05) is 0 Å². The van der Waals surface area contributed by atoms with E-state index in [1.54, 1.807) is 0 Å². The SMILES string of the molecule is N#Cc1ccc2c(c1)Cc1cc(OCc3ccccc3)ccc1C21SC(=O)c2ccccc21. The summed E-state index contributed by atoms with van der Waals surface area (Å²) in [5.74, 6) is 0.801. The molecule has 33 heavy (non-hydrogen) atoms. The smallest absolute Gasteiger partial charge is 0.221 e. The van der Waals surface area contributed by atoms with Crippen LogP contribution in [0.1, 0.15) is 49.3 Å². The number of nitriles is 1. The number of rotatable bonds is 3. The number of fused-ring (bicyclic) bond motifs is 6. The maximum atomic E-state index is 13.1. The molecule has 4 aromatic rings. The minimum atomic E-state index is -0.609. The van der Waals surface area contributed by atoms with Gasteiger partial charge in [-0.15, -0.1) is 0 Å². The Balaban J connectivity index is 1.49. The molecule has 6 rings (SSSR count). The molecule has 3 nitrogen and oxygen atoms in total. The number of carbonyl (C=O) groups is 1. The highest BCUT2D eigenvalue weighted by molar-refractivity contribution is 8.15. The van der Waals surface area contributed by atoms with Gasteiger partial charge >= 0.3 is 0 Å². The Kier molecular flexibility index (Phi) is 4.60. The van der Waals surface area contributed by atoms with Crippen LogP contribution in [-0.2, 0) is 17.8 Å². The molecule has 0 radical (unpaired) electrons. The van der Waals surface area contributed by atoms with E-state index in [2.05, 4.69) is 24.3 Å². The Bertz CT molecular complexity index is 1450. The number of hydrogen-bond donors (Lipinski definition) is 0. The summed E-state index contributed by atoms with van der Waals surface area (Å²) < 4.78 is 5.50. The van der Waals surface area contributed by atoms with Crippen LogP contribution in [0.25, 0.3) is 0 Å². The van der Waals surface area contributed by atoms with Crippen molar-refractivity contribution in [2.24, 2.45) is 0 Å². The van der Waals surface area contributed by atoms with Crippen molar-refractivity contribution < 1.29 is 9.53 Å². The third kappa shape index (κ3) is 3.08. The van der Waals surface area contributed by atoms with Gasteiger partial charge in [-0.3, -0.25) is 4.79 Å². The second kappa shape index (κ2) is 7.65. The second-order valence-electron chi connectivity index (χ2n) is 8.37. The summed E-state index contributed by atoms with van der Waals surface area (Å²) >= 11 is 1.37. The van der Waals surface area contributed by atoms with Crippen molar-refractivity contribution in [2.45, 2.75) is 17.8 Å². The van der Waals surface area contributed by atoms with Crippen molar-refractivity contribution in [3.8, 4) is 11.8 Å². The highest BCUT2D eigenvalue weighted by Crippen LogP contribution is 2.59. The van der Waals surface area contributed by atoms with Crippen molar-refractivity contribution in [1.82, 2.24) is 0 Å². The zero-order valence-electron chi connectivity index (χ0n) is 17.7. The lowest BCUT2D eigenvalue weighted by Gasteiger charge is -2.37. The maximum Gasteiger partial charge on any atom is 0.221 e. The van der Waals surface area contributed by atoms with Gasteiger partial charge in [0.15, 0.2) is 0 Å². The summed E-state index contributed by atoms with van der Waals surface area (Å²) in [6.07, 6.45) is 0.696. The van der Waals surface area contributed by atoms with E-state index in [0.29, 0.717) is 18.6 Å². The van der Waals surface area contributed by atoms with Gasteiger partial charge in [-0.1, -0.05) is 78.5 Å². The molecule has 0 bridgehead atoms. The average Bonchev–Trinajstić information content (AvgIpc) is 3.16. The molecule has 1 aliphatic heterocycles. The molecular weight excluding hydrogens is 426 g/mol. The fourth-order valence-corrected chi connectivity index (χ4v) is 6.48. The molecule has 1 aliphatic carbocycles. The van der Waals surface area contributed by atoms with Gasteiger partial charge < -0.3 is 4.74 Å². The molecule has 4 aromatic carbocycles. The summed E-state index contributed by atoms with van der Waals surface area (Å²) in [5, 5.41) is 9.57. The first-order valence-electron chi connectivity index (χ1n) is 10.9. The standard InChI is InChI=1S/C29H19NO2S/c30-17-20-10-12-25-21(14-20)15-22-16-23(32-18-19-6-2-1-3-7-19)11-13-26(22)29(25)27-9-5-4-8-24(27)28(31)33-29/h1-14,16H,15,18H2. The van der Waals surface area contributed by atoms with E-state index in [1.165, 1.54) is 11.8 Å². The molecule has 0 N–H and O–H groups in total. The third-order valence-corrected chi connectivity index (χ3v) is 7.84. The molecule has 0 aromatic heterocycles. The topological polar surface area (TPSA) is 50.1 Å². The zero-order valence-corrected chi connectivity index (χ0v) is 18.6. The van der Waals surface area contributed by atoms with Crippen LogP contribution < -0.4 is 4.74 Å². The highest BCUT2D eigenvalue weighted by Gasteiger charge is 2.50. The number of nitrogens with zero attached hydrogens (tertiary/aromatic N) is 1. The first kappa shape index (κ1) is 19.8.